The molecule has 0 unspecified atom stereocenters. The van der Waals surface area contributed by atoms with Gasteiger partial charge in [0.15, 0.2) is 0 Å². The highest BCUT2D eigenvalue weighted by Crippen LogP contribution is 2.25. The van der Waals surface area contributed by atoms with Gasteiger partial charge in [0.1, 0.15) is 12.3 Å². The van der Waals surface area contributed by atoms with Crippen LogP contribution in [0.15, 0.2) is 30.5 Å². The third kappa shape index (κ3) is 5.53. The number of nitro groups is 1. The van der Waals surface area contributed by atoms with Gasteiger partial charge in [-0.1, -0.05) is 45.0 Å². The van der Waals surface area contributed by atoms with E-state index in [1.165, 1.54) is 11.8 Å². The summed E-state index contributed by atoms with van der Waals surface area (Å²) in [5.41, 5.74) is 2.78. The summed E-state index contributed by atoms with van der Waals surface area (Å²) in [7, 11) is 0. The normalized spacial score (nSPS) is 16.6. The third-order valence-corrected chi connectivity index (χ3v) is 4.49. The minimum absolute atomic E-state index is 0.0198. The van der Waals surface area contributed by atoms with Crippen LogP contribution in [0.2, 0.25) is 0 Å². The van der Waals surface area contributed by atoms with Gasteiger partial charge in [0, 0.05) is 24.4 Å². The molecule has 0 bridgehead atoms. The molecule has 146 valence electrons. The van der Waals surface area contributed by atoms with Crippen LogP contribution in [0, 0.1) is 15.5 Å². The topological polar surface area (TPSA) is 79.4 Å². The van der Waals surface area contributed by atoms with Crippen LogP contribution >= 0.6 is 0 Å². The lowest BCUT2D eigenvalue weighted by atomic mass is 9.88. The van der Waals surface area contributed by atoms with Crippen molar-refractivity contribution in [3.63, 3.8) is 0 Å². The van der Waals surface area contributed by atoms with Gasteiger partial charge < -0.3 is 19.6 Å². The fourth-order valence-electron chi connectivity index (χ4n) is 3.19. The highest BCUT2D eigenvalue weighted by atomic mass is 16.6. The van der Waals surface area contributed by atoms with Crippen molar-refractivity contribution < 1.29 is 14.4 Å². The van der Waals surface area contributed by atoms with E-state index in [-0.39, 0.29) is 17.3 Å². The molecule has 1 aromatic heterocycles. The number of ether oxygens (including phenoxy) is 2. The molecular formula is C20H27N3O4. The Kier molecular flexibility index (Phi) is 5.79. The molecule has 7 heteroatoms. The number of hydrogen-bond donors (Lipinski definition) is 0. The summed E-state index contributed by atoms with van der Waals surface area (Å²) in [6, 6.07) is 8.90. The standard InChI is InChI=1S/C20H27N3O4/c1-20(2,3)12-15-4-6-16(7-5-15)14-26-11-9-17-8-10-22-13-18(23(24)25)21-19(22)27-17/h4-7,13,17H,8-12,14H2,1-3H3/t17-/m1/s1. The van der Waals surface area contributed by atoms with Gasteiger partial charge in [0.25, 0.3) is 0 Å². The summed E-state index contributed by atoms with van der Waals surface area (Å²) < 4.78 is 13.2. The van der Waals surface area contributed by atoms with Crippen LogP contribution in [0.3, 0.4) is 0 Å². The summed E-state index contributed by atoms with van der Waals surface area (Å²) in [6.45, 7) is 8.54. The van der Waals surface area contributed by atoms with Gasteiger partial charge in [-0.2, -0.15) is 0 Å². The zero-order valence-corrected chi connectivity index (χ0v) is 16.2. The lowest BCUT2D eigenvalue weighted by molar-refractivity contribution is -0.389. The molecule has 7 nitrogen and oxygen atoms in total. The van der Waals surface area contributed by atoms with E-state index in [4.69, 9.17) is 9.47 Å². The Hall–Kier alpha value is -2.41. The number of hydrogen-bond acceptors (Lipinski definition) is 5. The van der Waals surface area contributed by atoms with Crippen molar-refractivity contribution in [3.8, 4) is 6.01 Å². The van der Waals surface area contributed by atoms with Crippen molar-refractivity contribution in [1.82, 2.24) is 9.55 Å². The van der Waals surface area contributed by atoms with E-state index in [1.807, 2.05) is 0 Å². The van der Waals surface area contributed by atoms with Crippen LogP contribution in [-0.2, 0) is 24.3 Å². The van der Waals surface area contributed by atoms with Crippen LogP contribution in [0.5, 0.6) is 6.01 Å². The maximum absolute atomic E-state index is 10.8. The molecule has 0 aliphatic carbocycles. The Morgan fingerprint density at radius 1 is 1.30 bits per heavy atom. The van der Waals surface area contributed by atoms with Crippen LogP contribution in [0.1, 0.15) is 44.7 Å². The Morgan fingerprint density at radius 3 is 2.67 bits per heavy atom. The molecule has 0 saturated carbocycles. The highest BCUT2D eigenvalue weighted by Gasteiger charge is 2.27. The zero-order valence-electron chi connectivity index (χ0n) is 16.2. The predicted octanol–water partition coefficient (Wildman–Crippen LogP) is 4.14. The fourth-order valence-corrected chi connectivity index (χ4v) is 3.19. The fraction of sp³-hybridized carbons (Fsp3) is 0.550. The Labute approximate surface area is 159 Å². The zero-order chi connectivity index (χ0) is 19.4. The maximum Gasteiger partial charge on any atom is 0.414 e. The molecule has 0 amide bonds. The SMILES string of the molecule is CC(C)(C)Cc1ccc(COCC[C@H]2CCn3cc([N+](=O)[O-])nc3O2)cc1. The molecule has 0 spiro atoms. The average Bonchev–Trinajstić information content (AvgIpc) is 3.02. The van der Waals surface area contributed by atoms with Crippen LogP contribution < -0.4 is 4.74 Å². The molecule has 2 heterocycles. The molecule has 0 N–H and O–H groups in total. The van der Waals surface area contributed by atoms with Gasteiger partial charge in [-0.15, -0.1) is 0 Å². The van der Waals surface area contributed by atoms with Crippen molar-refractivity contribution in [1.29, 1.82) is 0 Å². The number of imidazole rings is 1. The summed E-state index contributed by atoms with van der Waals surface area (Å²) in [5.74, 6) is -0.170. The molecule has 1 atom stereocenters. The number of nitrogens with zero attached hydrogens (tertiary/aromatic N) is 3. The van der Waals surface area contributed by atoms with E-state index in [1.54, 1.807) is 4.57 Å². The van der Waals surface area contributed by atoms with Gasteiger partial charge >= 0.3 is 11.8 Å². The van der Waals surface area contributed by atoms with Crippen molar-refractivity contribution in [2.75, 3.05) is 6.61 Å². The molecule has 0 radical (unpaired) electrons. The average molecular weight is 373 g/mol. The molecule has 27 heavy (non-hydrogen) atoms. The molecule has 1 aromatic carbocycles. The van der Waals surface area contributed by atoms with E-state index in [2.05, 4.69) is 50.0 Å². The Balaban J connectivity index is 1.41. The quantitative estimate of drug-likeness (QED) is 0.414. The summed E-state index contributed by atoms with van der Waals surface area (Å²) in [6.07, 6.45) is 3.99. The first-order chi connectivity index (χ1) is 12.8. The van der Waals surface area contributed by atoms with E-state index >= 15 is 0 Å². The second-order valence-corrected chi connectivity index (χ2v) is 8.26. The Bertz CT molecular complexity index is 778. The maximum atomic E-state index is 10.8. The summed E-state index contributed by atoms with van der Waals surface area (Å²) in [5, 5.41) is 10.8. The van der Waals surface area contributed by atoms with Crippen molar-refractivity contribution in [2.45, 2.75) is 59.3 Å². The summed E-state index contributed by atoms with van der Waals surface area (Å²) in [4.78, 5) is 14.2. The van der Waals surface area contributed by atoms with Crippen molar-refractivity contribution in [3.05, 3.63) is 51.7 Å². The lowest BCUT2D eigenvalue weighted by Gasteiger charge is -2.22. The minimum Gasteiger partial charge on any atom is -0.442 e. The van der Waals surface area contributed by atoms with Gasteiger partial charge in [-0.3, -0.25) is 4.57 Å². The number of rotatable bonds is 7. The van der Waals surface area contributed by atoms with E-state index in [9.17, 15) is 10.1 Å². The molecule has 1 aliphatic heterocycles. The number of aromatic nitrogens is 2. The smallest absolute Gasteiger partial charge is 0.414 e. The van der Waals surface area contributed by atoms with E-state index in [0.29, 0.717) is 25.8 Å². The molecular weight excluding hydrogens is 346 g/mol. The van der Waals surface area contributed by atoms with Gasteiger partial charge in [-0.25, -0.2) is 0 Å². The first-order valence-corrected chi connectivity index (χ1v) is 9.34. The van der Waals surface area contributed by atoms with Crippen molar-refractivity contribution in [2.24, 2.45) is 5.41 Å². The molecule has 0 saturated heterocycles. The number of fused-ring (bicyclic) bond motifs is 1. The third-order valence-electron chi connectivity index (χ3n) is 4.49. The van der Waals surface area contributed by atoms with Gasteiger partial charge in [0.2, 0.25) is 0 Å². The largest absolute Gasteiger partial charge is 0.442 e. The van der Waals surface area contributed by atoms with Gasteiger partial charge in [-0.05, 0) is 27.9 Å². The number of benzene rings is 1. The van der Waals surface area contributed by atoms with E-state index < -0.39 is 4.92 Å². The van der Waals surface area contributed by atoms with Crippen LogP contribution in [0.25, 0.3) is 0 Å². The monoisotopic (exact) mass is 373 g/mol. The predicted molar refractivity (Wildman–Crippen MR) is 102 cm³/mol. The van der Waals surface area contributed by atoms with Crippen molar-refractivity contribution >= 4 is 5.82 Å². The van der Waals surface area contributed by atoms with Crippen LogP contribution in [0.4, 0.5) is 5.82 Å². The molecule has 3 rings (SSSR count). The molecule has 1 aliphatic rings. The molecule has 2 aromatic rings. The van der Waals surface area contributed by atoms with E-state index in [0.717, 1.165) is 24.8 Å². The lowest BCUT2D eigenvalue weighted by Crippen LogP contribution is -2.27. The highest BCUT2D eigenvalue weighted by molar-refractivity contribution is 5.23. The number of aryl methyl sites for hydroxylation is 1. The minimum atomic E-state index is -0.500. The Morgan fingerprint density at radius 2 is 2.00 bits per heavy atom. The first kappa shape index (κ1) is 19.4. The first-order valence-electron chi connectivity index (χ1n) is 9.34. The van der Waals surface area contributed by atoms with Crippen LogP contribution in [-0.4, -0.2) is 27.2 Å². The second kappa shape index (κ2) is 8.08. The van der Waals surface area contributed by atoms with Gasteiger partial charge in [0.05, 0.1) is 13.2 Å². The second-order valence-electron chi connectivity index (χ2n) is 8.26. The molecule has 0 fully saturated rings. The summed E-state index contributed by atoms with van der Waals surface area (Å²) >= 11 is 0.